The molecule has 4 nitrogen and oxygen atoms in total. The third-order valence-corrected chi connectivity index (χ3v) is 3.76. The molecule has 0 unspecified atom stereocenters. The predicted octanol–water partition coefficient (Wildman–Crippen LogP) is 3.00. The van der Waals surface area contributed by atoms with E-state index in [0.717, 1.165) is 42.6 Å². The molecule has 2 aromatic rings. The van der Waals surface area contributed by atoms with Crippen LogP contribution in [0, 0.1) is 0 Å². The van der Waals surface area contributed by atoms with Gasteiger partial charge in [-0.3, -0.25) is 4.79 Å². The van der Waals surface area contributed by atoms with E-state index in [0.29, 0.717) is 6.04 Å². The highest BCUT2D eigenvalue weighted by atomic mass is 16.2. The summed E-state index contributed by atoms with van der Waals surface area (Å²) in [5.41, 5.74) is 2.65. The van der Waals surface area contributed by atoms with E-state index in [1.54, 1.807) is 0 Å². The Bertz CT molecular complexity index is 629. The van der Waals surface area contributed by atoms with Crippen LogP contribution in [0.15, 0.2) is 42.6 Å². The highest BCUT2D eigenvalue weighted by molar-refractivity contribution is 6.03. The number of aliphatic hydroxyl groups excluding tert-OH is 1. The summed E-state index contributed by atoms with van der Waals surface area (Å²) in [6, 6.07) is 12.1. The molecule has 1 aliphatic carbocycles. The van der Waals surface area contributed by atoms with E-state index in [4.69, 9.17) is 5.11 Å². The zero-order valence-electron chi connectivity index (χ0n) is 12.0. The smallest absolute Gasteiger partial charge is 0.272 e. The van der Waals surface area contributed by atoms with Crippen molar-refractivity contribution in [3.05, 3.63) is 53.9 Å². The number of aromatic nitrogens is 1. The Morgan fingerprint density at radius 3 is 2.90 bits per heavy atom. The number of aryl methyl sites for hydroxylation is 1. The monoisotopic (exact) mass is 284 g/mol. The van der Waals surface area contributed by atoms with E-state index in [-0.39, 0.29) is 12.5 Å². The number of carbonyl (C=O) groups excluding carboxylic acids is 1. The molecular formula is C17H20N2O2. The van der Waals surface area contributed by atoms with Crippen LogP contribution >= 0.6 is 0 Å². The van der Waals surface area contributed by atoms with Crippen LogP contribution in [0.2, 0.25) is 0 Å². The average molecular weight is 284 g/mol. The van der Waals surface area contributed by atoms with Crippen molar-refractivity contribution < 1.29 is 9.90 Å². The molecule has 0 radical (unpaired) electrons. The molecule has 0 saturated heterocycles. The van der Waals surface area contributed by atoms with Crippen LogP contribution in [0.3, 0.4) is 0 Å². The lowest BCUT2D eigenvalue weighted by molar-refractivity contribution is 0.101. The summed E-state index contributed by atoms with van der Waals surface area (Å²) >= 11 is 0. The first-order valence-corrected chi connectivity index (χ1v) is 7.46. The van der Waals surface area contributed by atoms with Crippen LogP contribution in [0.1, 0.15) is 41.4 Å². The minimum absolute atomic E-state index is 0.0637. The maximum atomic E-state index is 12.4. The third-order valence-electron chi connectivity index (χ3n) is 3.76. The molecule has 110 valence electrons. The maximum Gasteiger partial charge on any atom is 0.272 e. The van der Waals surface area contributed by atoms with Crippen molar-refractivity contribution in [2.45, 2.75) is 31.7 Å². The molecule has 1 aromatic heterocycles. The average Bonchev–Trinajstić information content (AvgIpc) is 3.22. The van der Waals surface area contributed by atoms with Gasteiger partial charge in [-0.15, -0.1) is 0 Å². The molecule has 21 heavy (non-hydrogen) atoms. The number of hydrogen-bond acceptors (Lipinski definition) is 2. The van der Waals surface area contributed by atoms with Gasteiger partial charge in [0.25, 0.3) is 5.91 Å². The van der Waals surface area contributed by atoms with Gasteiger partial charge in [-0.05, 0) is 55.5 Å². The molecule has 1 aromatic carbocycles. The van der Waals surface area contributed by atoms with Gasteiger partial charge in [0.1, 0.15) is 5.69 Å². The molecule has 1 aliphatic rings. The van der Waals surface area contributed by atoms with E-state index in [2.05, 4.69) is 9.88 Å². The quantitative estimate of drug-likeness (QED) is 0.856. The number of amides is 1. The number of hydrogen-bond donors (Lipinski definition) is 2. The molecule has 1 saturated carbocycles. The molecular weight excluding hydrogens is 264 g/mol. The fourth-order valence-corrected chi connectivity index (χ4v) is 2.54. The lowest BCUT2D eigenvalue weighted by Gasteiger charge is -2.10. The summed E-state index contributed by atoms with van der Waals surface area (Å²) in [4.78, 5) is 12.4. The Balaban J connectivity index is 1.70. The Morgan fingerprint density at radius 2 is 2.14 bits per heavy atom. The first kappa shape index (κ1) is 13.9. The summed E-state index contributed by atoms with van der Waals surface area (Å²) < 4.78 is 2.06. The molecule has 0 spiro atoms. The minimum atomic E-state index is -0.0637. The molecule has 4 heteroatoms. The summed E-state index contributed by atoms with van der Waals surface area (Å²) in [7, 11) is 0. The molecule has 0 bridgehead atoms. The van der Waals surface area contributed by atoms with Crippen molar-refractivity contribution in [2.75, 3.05) is 11.9 Å². The van der Waals surface area contributed by atoms with E-state index in [1.165, 1.54) is 0 Å². The van der Waals surface area contributed by atoms with Gasteiger partial charge in [0, 0.05) is 24.5 Å². The number of nitrogens with zero attached hydrogens (tertiary/aromatic N) is 1. The Labute approximate surface area is 124 Å². The van der Waals surface area contributed by atoms with Gasteiger partial charge in [0.2, 0.25) is 0 Å². The number of carbonyl (C=O) groups is 1. The number of benzene rings is 1. The van der Waals surface area contributed by atoms with E-state index < -0.39 is 0 Å². The lowest BCUT2D eigenvalue weighted by Crippen LogP contribution is -2.16. The lowest BCUT2D eigenvalue weighted by atomic mass is 10.1. The first-order valence-electron chi connectivity index (χ1n) is 7.46. The summed E-state index contributed by atoms with van der Waals surface area (Å²) in [6.07, 6.45) is 5.85. The topological polar surface area (TPSA) is 54.3 Å². The van der Waals surface area contributed by atoms with Crippen molar-refractivity contribution in [2.24, 2.45) is 0 Å². The van der Waals surface area contributed by atoms with Gasteiger partial charge < -0.3 is 15.0 Å². The molecule has 0 atom stereocenters. The minimum Gasteiger partial charge on any atom is -0.396 e. The van der Waals surface area contributed by atoms with Crippen LogP contribution < -0.4 is 5.32 Å². The highest BCUT2D eigenvalue weighted by Crippen LogP contribution is 2.36. The van der Waals surface area contributed by atoms with Crippen LogP contribution in [0.25, 0.3) is 0 Å². The van der Waals surface area contributed by atoms with Crippen molar-refractivity contribution in [3.8, 4) is 0 Å². The number of nitrogens with one attached hydrogen (secondary N) is 1. The van der Waals surface area contributed by atoms with Gasteiger partial charge in [-0.2, -0.15) is 0 Å². The molecule has 3 rings (SSSR count). The second-order valence-corrected chi connectivity index (χ2v) is 5.51. The maximum absolute atomic E-state index is 12.4. The van der Waals surface area contributed by atoms with E-state index >= 15 is 0 Å². The molecule has 2 N–H and O–H groups in total. The second kappa shape index (κ2) is 6.14. The first-order chi connectivity index (χ1) is 10.3. The van der Waals surface area contributed by atoms with Gasteiger partial charge in [-0.1, -0.05) is 12.1 Å². The second-order valence-electron chi connectivity index (χ2n) is 5.51. The van der Waals surface area contributed by atoms with Crippen molar-refractivity contribution in [1.29, 1.82) is 0 Å². The highest BCUT2D eigenvalue weighted by Gasteiger charge is 2.26. The standard InChI is InChI=1S/C17H20N2O2/c20-11-3-5-13-4-1-6-14(12-13)18-17(21)16-7-2-10-19(16)15-8-9-15/h1-2,4,6-7,10,12,15,20H,3,5,8-9,11H2,(H,18,21). The Hall–Kier alpha value is -2.07. The fourth-order valence-electron chi connectivity index (χ4n) is 2.54. The molecule has 1 fully saturated rings. The summed E-state index contributed by atoms with van der Waals surface area (Å²) in [5.74, 6) is -0.0637. The van der Waals surface area contributed by atoms with Crippen LogP contribution in [0.5, 0.6) is 0 Å². The van der Waals surface area contributed by atoms with Crippen LogP contribution in [-0.2, 0) is 6.42 Å². The van der Waals surface area contributed by atoms with Crippen molar-refractivity contribution >= 4 is 11.6 Å². The van der Waals surface area contributed by atoms with E-state index in [9.17, 15) is 4.79 Å². The molecule has 1 heterocycles. The zero-order valence-corrected chi connectivity index (χ0v) is 12.0. The molecule has 0 aliphatic heterocycles. The van der Waals surface area contributed by atoms with Crippen molar-refractivity contribution in [3.63, 3.8) is 0 Å². The van der Waals surface area contributed by atoms with Crippen molar-refractivity contribution in [1.82, 2.24) is 4.57 Å². The van der Waals surface area contributed by atoms with Crippen LogP contribution in [0.4, 0.5) is 5.69 Å². The largest absolute Gasteiger partial charge is 0.396 e. The normalized spacial score (nSPS) is 14.1. The number of anilines is 1. The zero-order chi connectivity index (χ0) is 14.7. The van der Waals surface area contributed by atoms with Gasteiger partial charge in [0.05, 0.1) is 0 Å². The number of rotatable bonds is 6. The fraction of sp³-hybridized carbons (Fsp3) is 0.353. The summed E-state index contributed by atoms with van der Waals surface area (Å²) in [6.45, 7) is 0.186. The summed E-state index contributed by atoms with van der Waals surface area (Å²) in [5, 5.41) is 11.8. The van der Waals surface area contributed by atoms with Gasteiger partial charge in [-0.25, -0.2) is 0 Å². The Morgan fingerprint density at radius 1 is 1.29 bits per heavy atom. The molecule has 1 amide bonds. The van der Waals surface area contributed by atoms with E-state index in [1.807, 2.05) is 42.6 Å². The van der Waals surface area contributed by atoms with Crippen LogP contribution in [-0.4, -0.2) is 22.2 Å². The van der Waals surface area contributed by atoms with Gasteiger partial charge in [0.15, 0.2) is 0 Å². The van der Waals surface area contributed by atoms with Gasteiger partial charge >= 0.3 is 0 Å². The third kappa shape index (κ3) is 3.34. The Kier molecular flexibility index (Phi) is 4.06. The number of aliphatic hydroxyl groups is 1. The predicted molar refractivity (Wildman–Crippen MR) is 82.5 cm³/mol. The SMILES string of the molecule is O=C(Nc1cccc(CCCO)c1)c1cccn1C1CC1.